The molecular weight excluding hydrogens is 253 g/mol. The number of benzene rings is 1. The number of aromatic amines is 1. The number of aromatic nitrogens is 3. The van der Waals surface area contributed by atoms with Gasteiger partial charge >= 0.3 is 0 Å². The maximum atomic E-state index is 12.9. The van der Waals surface area contributed by atoms with E-state index in [4.69, 9.17) is 0 Å². The van der Waals surface area contributed by atoms with Crippen LogP contribution in [0.3, 0.4) is 0 Å². The molecule has 1 N–H and O–H groups in total. The number of nitrogens with zero attached hydrogens (tertiary/aromatic N) is 2. The summed E-state index contributed by atoms with van der Waals surface area (Å²) in [7, 11) is 0. The SMILES string of the molecule is Fc1ccc(-c2cnc3c(c2)[nH]c2ccccc23)cn1. The third-order valence-electron chi connectivity index (χ3n) is 3.40. The minimum absolute atomic E-state index is 0.478. The first-order valence-electron chi connectivity index (χ1n) is 6.30. The maximum absolute atomic E-state index is 12.9. The summed E-state index contributed by atoms with van der Waals surface area (Å²) >= 11 is 0. The summed E-state index contributed by atoms with van der Waals surface area (Å²) in [6.07, 6.45) is 3.30. The minimum atomic E-state index is -0.478. The van der Waals surface area contributed by atoms with Crippen molar-refractivity contribution in [1.29, 1.82) is 0 Å². The topological polar surface area (TPSA) is 41.6 Å². The molecule has 3 heterocycles. The molecule has 20 heavy (non-hydrogen) atoms. The lowest BCUT2D eigenvalue weighted by molar-refractivity contribution is 0.584. The Morgan fingerprint density at radius 2 is 1.70 bits per heavy atom. The van der Waals surface area contributed by atoms with E-state index in [1.165, 1.54) is 12.3 Å². The highest BCUT2D eigenvalue weighted by Crippen LogP contribution is 2.27. The molecule has 0 aliphatic rings. The number of hydrogen-bond acceptors (Lipinski definition) is 2. The lowest BCUT2D eigenvalue weighted by Crippen LogP contribution is -1.85. The fourth-order valence-electron chi connectivity index (χ4n) is 2.42. The number of H-pyrrole nitrogens is 1. The van der Waals surface area contributed by atoms with E-state index >= 15 is 0 Å². The van der Waals surface area contributed by atoms with Crippen molar-refractivity contribution in [1.82, 2.24) is 15.0 Å². The molecule has 0 spiro atoms. The lowest BCUT2D eigenvalue weighted by Gasteiger charge is -2.00. The third-order valence-corrected chi connectivity index (χ3v) is 3.40. The molecular formula is C16H10FN3. The van der Waals surface area contributed by atoms with Crippen LogP contribution in [0.1, 0.15) is 0 Å². The van der Waals surface area contributed by atoms with Crippen LogP contribution in [-0.4, -0.2) is 15.0 Å². The average Bonchev–Trinajstić information content (AvgIpc) is 2.85. The quantitative estimate of drug-likeness (QED) is 0.529. The molecule has 4 aromatic rings. The van der Waals surface area contributed by atoms with Gasteiger partial charge in [-0.25, -0.2) is 4.98 Å². The Balaban J connectivity index is 1.94. The number of nitrogens with one attached hydrogen (secondary N) is 1. The van der Waals surface area contributed by atoms with E-state index in [1.807, 2.05) is 30.3 Å². The summed E-state index contributed by atoms with van der Waals surface area (Å²) in [5, 5.41) is 1.10. The molecule has 0 bridgehead atoms. The van der Waals surface area contributed by atoms with E-state index in [9.17, 15) is 4.39 Å². The molecule has 0 unspecified atom stereocenters. The van der Waals surface area contributed by atoms with Gasteiger partial charge in [0.15, 0.2) is 0 Å². The second-order valence-electron chi connectivity index (χ2n) is 4.66. The molecule has 0 saturated heterocycles. The van der Waals surface area contributed by atoms with Gasteiger partial charge in [0.05, 0.1) is 11.0 Å². The van der Waals surface area contributed by atoms with Crippen LogP contribution in [0.15, 0.2) is 54.9 Å². The Hall–Kier alpha value is -2.75. The largest absolute Gasteiger partial charge is 0.353 e. The van der Waals surface area contributed by atoms with E-state index in [1.54, 1.807) is 12.3 Å². The van der Waals surface area contributed by atoms with Crippen LogP contribution >= 0.6 is 0 Å². The third kappa shape index (κ3) is 1.66. The molecule has 1 aromatic carbocycles. The van der Waals surface area contributed by atoms with Crippen molar-refractivity contribution in [3.63, 3.8) is 0 Å². The zero-order valence-electron chi connectivity index (χ0n) is 10.5. The summed E-state index contributed by atoms with van der Waals surface area (Å²) < 4.78 is 12.9. The van der Waals surface area contributed by atoms with Crippen molar-refractivity contribution in [3.05, 3.63) is 60.8 Å². The Morgan fingerprint density at radius 3 is 2.55 bits per heavy atom. The normalized spacial score (nSPS) is 11.2. The second-order valence-corrected chi connectivity index (χ2v) is 4.66. The number of halogens is 1. The van der Waals surface area contributed by atoms with Gasteiger partial charge in [-0.1, -0.05) is 18.2 Å². The zero-order chi connectivity index (χ0) is 13.5. The molecule has 3 nitrogen and oxygen atoms in total. The van der Waals surface area contributed by atoms with Crippen LogP contribution in [0.5, 0.6) is 0 Å². The summed E-state index contributed by atoms with van der Waals surface area (Å²) in [5.41, 5.74) is 4.73. The molecule has 96 valence electrons. The van der Waals surface area contributed by atoms with Gasteiger partial charge in [-0.15, -0.1) is 0 Å². The number of rotatable bonds is 1. The Labute approximate surface area is 114 Å². The van der Waals surface area contributed by atoms with Crippen molar-refractivity contribution >= 4 is 21.9 Å². The van der Waals surface area contributed by atoms with Gasteiger partial charge in [0.2, 0.25) is 5.95 Å². The van der Waals surface area contributed by atoms with Crippen molar-refractivity contribution < 1.29 is 4.39 Å². The number of pyridine rings is 2. The van der Waals surface area contributed by atoms with Gasteiger partial charge < -0.3 is 4.98 Å². The molecule has 0 aliphatic heterocycles. The minimum Gasteiger partial charge on any atom is -0.353 e. The molecule has 0 atom stereocenters. The Morgan fingerprint density at radius 1 is 0.850 bits per heavy atom. The number of fused-ring (bicyclic) bond motifs is 3. The molecule has 4 heteroatoms. The van der Waals surface area contributed by atoms with Gasteiger partial charge in [0.25, 0.3) is 0 Å². The first kappa shape index (κ1) is 11.1. The zero-order valence-corrected chi connectivity index (χ0v) is 10.5. The van der Waals surface area contributed by atoms with Crippen molar-refractivity contribution in [2.75, 3.05) is 0 Å². The highest BCUT2D eigenvalue weighted by molar-refractivity contribution is 6.05. The van der Waals surface area contributed by atoms with Crippen LogP contribution in [0.2, 0.25) is 0 Å². The van der Waals surface area contributed by atoms with Crippen LogP contribution in [0.4, 0.5) is 4.39 Å². The first-order chi connectivity index (χ1) is 9.81. The van der Waals surface area contributed by atoms with Crippen molar-refractivity contribution in [2.45, 2.75) is 0 Å². The van der Waals surface area contributed by atoms with E-state index in [0.717, 1.165) is 33.1 Å². The van der Waals surface area contributed by atoms with Gasteiger partial charge in [-0.2, -0.15) is 4.39 Å². The van der Waals surface area contributed by atoms with Crippen molar-refractivity contribution in [3.8, 4) is 11.1 Å². The smallest absolute Gasteiger partial charge is 0.212 e. The molecule has 4 rings (SSSR count). The summed E-state index contributed by atoms with van der Waals surface area (Å²) in [5.74, 6) is -0.478. The fourth-order valence-corrected chi connectivity index (χ4v) is 2.42. The highest BCUT2D eigenvalue weighted by atomic mass is 19.1. The predicted octanol–water partition coefficient (Wildman–Crippen LogP) is 3.92. The van der Waals surface area contributed by atoms with Crippen LogP contribution in [-0.2, 0) is 0 Å². The van der Waals surface area contributed by atoms with E-state index in [2.05, 4.69) is 15.0 Å². The van der Waals surface area contributed by atoms with Gasteiger partial charge in [-0.05, 0) is 24.3 Å². The molecule has 0 fully saturated rings. The average molecular weight is 263 g/mol. The fraction of sp³-hybridized carbons (Fsp3) is 0. The summed E-state index contributed by atoms with van der Waals surface area (Å²) in [4.78, 5) is 11.5. The Kier molecular flexibility index (Phi) is 2.29. The second kappa shape index (κ2) is 4.13. The van der Waals surface area contributed by atoms with Gasteiger partial charge in [-0.3, -0.25) is 4.98 Å². The predicted molar refractivity (Wildman–Crippen MR) is 76.8 cm³/mol. The number of hydrogen-bond donors (Lipinski definition) is 1. The summed E-state index contributed by atoms with van der Waals surface area (Å²) in [6.45, 7) is 0. The molecule has 0 saturated carbocycles. The Bertz CT molecular complexity index is 910. The van der Waals surface area contributed by atoms with Crippen LogP contribution in [0.25, 0.3) is 33.1 Å². The molecule has 3 aromatic heterocycles. The van der Waals surface area contributed by atoms with Crippen molar-refractivity contribution in [2.24, 2.45) is 0 Å². The maximum Gasteiger partial charge on any atom is 0.212 e. The molecule has 0 aliphatic carbocycles. The standard InChI is InChI=1S/C16H10FN3/c17-15-6-5-10(8-18-15)11-7-14-16(19-9-11)12-3-1-2-4-13(12)20-14/h1-9,20H. The monoisotopic (exact) mass is 263 g/mol. The number of para-hydroxylation sites is 1. The highest BCUT2D eigenvalue weighted by Gasteiger charge is 2.07. The lowest BCUT2D eigenvalue weighted by atomic mass is 10.1. The summed E-state index contributed by atoms with van der Waals surface area (Å²) in [6, 6.07) is 13.1. The van der Waals surface area contributed by atoms with Crippen LogP contribution in [0, 0.1) is 5.95 Å². The van der Waals surface area contributed by atoms with E-state index in [0.29, 0.717) is 0 Å². The molecule has 0 radical (unpaired) electrons. The first-order valence-corrected chi connectivity index (χ1v) is 6.30. The van der Waals surface area contributed by atoms with Gasteiger partial charge in [0, 0.05) is 34.4 Å². The van der Waals surface area contributed by atoms with E-state index in [-0.39, 0.29) is 0 Å². The molecule has 0 amide bonds. The van der Waals surface area contributed by atoms with Gasteiger partial charge in [0.1, 0.15) is 0 Å². The van der Waals surface area contributed by atoms with Crippen LogP contribution < -0.4 is 0 Å². The van der Waals surface area contributed by atoms with E-state index < -0.39 is 5.95 Å².